The smallest absolute Gasteiger partial charge is 0.119 e. The molecule has 0 bridgehead atoms. The fourth-order valence-electron chi connectivity index (χ4n) is 11.2. The summed E-state index contributed by atoms with van der Waals surface area (Å²) in [6.07, 6.45) is 9.43. The van der Waals surface area contributed by atoms with Crippen LogP contribution in [0.5, 0.6) is 23.0 Å². The van der Waals surface area contributed by atoms with Gasteiger partial charge in [-0.15, -0.1) is 0 Å². The number of hydrogen-bond acceptors (Lipinski definition) is 8. The first-order valence-corrected chi connectivity index (χ1v) is 26.9. The van der Waals surface area contributed by atoms with Gasteiger partial charge in [-0.3, -0.25) is 0 Å². The van der Waals surface area contributed by atoms with Crippen molar-refractivity contribution in [3.8, 4) is 45.3 Å². The van der Waals surface area contributed by atoms with E-state index in [-0.39, 0.29) is 0 Å². The molecule has 0 aromatic heterocycles. The highest BCUT2D eigenvalue weighted by molar-refractivity contribution is 5.98. The van der Waals surface area contributed by atoms with Crippen LogP contribution in [0.4, 0.5) is 45.5 Å². The molecule has 0 amide bonds. The topological polar surface area (TPSA) is 49.9 Å². The van der Waals surface area contributed by atoms with E-state index >= 15 is 0 Å². The van der Waals surface area contributed by atoms with Crippen LogP contribution >= 0.6 is 0 Å². The van der Waals surface area contributed by atoms with Gasteiger partial charge in [0, 0.05) is 73.7 Å². The Morgan fingerprint density at radius 3 is 0.813 bits per heavy atom. The van der Waals surface area contributed by atoms with Gasteiger partial charge in [-0.05, 0) is 203 Å². The highest BCUT2D eigenvalue weighted by atomic mass is 16.5. The van der Waals surface area contributed by atoms with E-state index in [1.807, 2.05) is 24.3 Å². The van der Waals surface area contributed by atoms with Crippen LogP contribution in [-0.2, 0) is 5.41 Å². The normalized spacial score (nSPS) is 12.4. The molecule has 75 heavy (non-hydrogen) atoms. The molecule has 2 aliphatic rings. The Morgan fingerprint density at radius 1 is 0.307 bits per heavy atom. The fraction of sp³-hybridized carbons (Fsp3) is 0.284. The largest absolute Gasteiger partial charge is 0.497 e. The number of anilines is 8. The molecule has 2 aliphatic carbocycles. The first kappa shape index (κ1) is 50.7. The Hall–Kier alpha value is -7.84. The van der Waals surface area contributed by atoms with Gasteiger partial charge in [-0.25, -0.2) is 0 Å². The number of unbranched alkanes of at least 4 members (excludes halogenated alkanes) is 6. The third-order valence-electron chi connectivity index (χ3n) is 15.7. The number of fused-ring (bicyclic) bond motifs is 10. The molecule has 384 valence electrons. The third kappa shape index (κ3) is 9.86. The van der Waals surface area contributed by atoms with Crippen molar-refractivity contribution in [3.63, 3.8) is 0 Å². The quantitative estimate of drug-likeness (QED) is 0.0623. The summed E-state index contributed by atoms with van der Waals surface area (Å²) < 4.78 is 23.5. The average Bonchev–Trinajstić information content (AvgIpc) is 3.95. The lowest BCUT2D eigenvalue weighted by atomic mass is 9.70. The molecular weight excluding hydrogens is 925 g/mol. The van der Waals surface area contributed by atoms with E-state index in [1.54, 1.807) is 14.2 Å². The van der Waals surface area contributed by atoms with Crippen molar-refractivity contribution in [1.82, 2.24) is 0 Å². The van der Waals surface area contributed by atoms with Crippen molar-refractivity contribution >= 4 is 45.5 Å². The minimum atomic E-state index is -0.707. The molecule has 0 N–H and O–H groups in total. The molecule has 0 heterocycles. The Bertz CT molecular complexity index is 3010. The summed E-state index contributed by atoms with van der Waals surface area (Å²) in [7, 11) is 12.1. The van der Waals surface area contributed by atoms with Crippen LogP contribution in [0.15, 0.2) is 170 Å². The first-order valence-electron chi connectivity index (χ1n) is 26.9. The second-order valence-corrected chi connectivity index (χ2v) is 20.1. The van der Waals surface area contributed by atoms with Crippen LogP contribution < -0.4 is 38.5 Å². The highest BCUT2D eigenvalue weighted by Gasteiger charge is 2.52. The van der Waals surface area contributed by atoms with E-state index < -0.39 is 5.41 Å². The van der Waals surface area contributed by atoms with Gasteiger partial charge in [0.2, 0.25) is 0 Å². The zero-order valence-corrected chi connectivity index (χ0v) is 45.2. The van der Waals surface area contributed by atoms with Crippen molar-refractivity contribution in [2.45, 2.75) is 70.6 Å². The molecule has 8 aromatic carbocycles. The molecule has 0 saturated carbocycles. The van der Waals surface area contributed by atoms with Crippen LogP contribution in [0.3, 0.4) is 0 Å². The Balaban J connectivity index is 1.13. The van der Waals surface area contributed by atoms with Crippen LogP contribution in [0.25, 0.3) is 22.3 Å². The summed E-state index contributed by atoms with van der Waals surface area (Å²) in [6.45, 7) is 5.95. The maximum Gasteiger partial charge on any atom is 0.119 e. The van der Waals surface area contributed by atoms with E-state index in [4.69, 9.17) is 18.9 Å². The average molecular weight is 997 g/mol. The third-order valence-corrected chi connectivity index (χ3v) is 15.7. The number of hydrogen-bond donors (Lipinski definition) is 0. The molecule has 0 radical (unpaired) electrons. The van der Waals surface area contributed by atoms with E-state index in [2.05, 4.69) is 207 Å². The molecular formula is C67H72N4O4. The monoisotopic (exact) mass is 997 g/mol. The van der Waals surface area contributed by atoms with E-state index in [9.17, 15) is 0 Å². The summed E-state index contributed by atoms with van der Waals surface area (Å²) in [5.74, 6) is 3.46. The summed E-state index contributed by atoms with van der Waals surface area (Å²) in [4.78, 5) is 9.17. The van der Waals surface area contributed by atoms with Gasteiger partial charge >= 0.3 is 0 Å². The van der Waals surface area contributed by atoms with Crippen LogP contribution in [0.1, 0.15) is 87.5 Å². The zero-order chi connectivity index (χ0) is 52.1. The van der Waals surface area contributed by atoms with E-state index in [1.165, 1.54) is 83.0 Å². The molecule has 0 aliphatic heterocycles. The highest BCUT2D eigenvalue weighted by Crippen LogP contribution is 2.65. The molecule has 8 aromatic rings. The second kappa shape index (κ2) is 22.3. The van der Waals surface area contributed by atoms with Gasteiger partial charge in [0.1, 0.15) is 23.0 Å². The van der Waals surface area contributed by atoms with Crippen molar-refractivity contribution in [2.75, 3.05) is 75.2 Å². The van der Waals surface area contributed by atoms with E-state index in [0.717, 1.165) is 94.6 Å². The molecule has 1 spiro atoms. The van der Waals surface area contributed by atoms with Gasteiger partial charge in [-0.1, -0.05) is 76.6 Å². The molecule has 10 rings (SSSR count). The van der Waals surface area contributed by atoms with Crippen molar-refractivity contribution in [1.29, 1.82) is 0 Å². The lowest BCUT2D eigenvalue weighted by Crippen LogP contribution is -2.27. The second-order valence-electron chi connectivity index (χ2n) is 20.1. The molecule has 0 fully saturated rings. The van der Waals surface area contributed by atoms with Gasteiger partial charge in [0.15, 0.2) is 0 Å². The molecule has 8 nitrogen and oxygen atoms in total. The minimum absolute atomic E-state index is 0.707. The Morgan fingerprint density at radius 2 is 0.560 bits per heavy atom. The van der Waals surface area contributed by atoms with Crippen molar-refractivity contribution < 1.29 is 18.9 Å². The predicted octanol–water partition coefficient (Wildman–Crippen LogP) is 17.0. The van der Waals surface area contributed by atoms with E-state index in [0.29, 0.717) is 0 Å². The SMILES string of the molecule is CCCCCCOc1ccc(N(C)c2ccc3c(c2)C2(c4cc(N(C)c5ccc(OC)cc5)ccc4-3)c3cc(N(C)c4ccc(OC)cc4)ccc3-c3ccc(N(C)c4ccc(OCCCCCC)cc4)cc32)cc1. The first-order chi connectivity index (χ1) is 36.7. The van der Waals surface area contributed by atoms with Gasteiger partial charge in [-0.2, -0.15) is 0 Å². The molecule has 0 saturated heterocycles. The number of ether oxygens (including phenoxy) is 4. The Kier molecular flexibility index (Phi) is 15.1. The maximum atomic E-state index is 6.19. The minimum Gasteiger partial charge on any atom is -0.497 e. The lowest BCUT2D eigenvalue weighted by Gasteiger charge is -2.33. The molecule has 0 atom stereocenters. The lowest BCUT2D eigenvalue weighted by molar-refractivity contribution is 0.305. The number of benzene rings is 8. The van der Waals surface area contributed by atoms with Crippen molar-refractivity contribution in [2.24, 2.45) is 0 Å². The van der Waals surface area contributed by atoms with Crippen molar-refractivity contribution in [3.05, 3.63) is 192 Å². The summed E-state index contributed by atoms with van der Waals surface area (Å²) >= 11 is 0. The van der Waals surface area contributed by atoms with Gasteiger partial charge in [0.05, 0.1) is 32.8 Å². The maximum absolute atomic E-state index is 6.19. The van der Waals surface area contributed by atoms with Gasteiger partial charge in [0.25, 0.3) is 0 Å². The van der Waals surface area contributed by atoms with Crippen LogP contribution in [0, 0.1) is 0 Å². The predicted molar refractivity (Wildman–Crippen MR) is 313 cm³/mol. The summed E-state index contributed by atoms with van der Waals surface area (Å²) in [5, 5.41) is 0. The number of methoxy groups -OCH3 is 2. The Labute approximate surface area is 445 Å². The zero-order valence-electron chi connectivity index (χ0n) is 45.2. The summed E-state index contributed by atoms with van der Waals surface area (Å²) in [5.41, 5.74) is 17.9. The van der Waals surface area contributed by atoms with Crippen LogP contribution in [0.2, 0.25) is 0 Å². The number of nitrogens with zero attached hydrogens (tertiary/aromatic N) is 4. The summed E-state index contributed by atoms with van der Waals surface area (Å²) in [6, 6.07) is 62.0. The molecule has 8 heteroatoms. The fourth-order valence-corrected chi connectivity index (χ4v) is 11.2. The number of rotatable bonds is 22. The van der Waals surface area contributed by atoms with Gasteiger partial charge < -0.3 is 38.5 Å². The standard InChI is InChI=1S/C67H72N4O4/c1-9-11-13-15-41-74-57-33-21-49(22-34-57)70(5)53-27-39-61-59-37-25-51(68(3)47-17-29-55(72-7)30-18-47)43-63(59)67(65(61)45-53)64-44-52(69(4)48-19-31-56(73-8)32-20-48)26-38-60(64)62-40-28-54(46-66(62)67)71(6)50-23-35-58(36-24-50)75-42-16-14-12-10-2/h17-40,43-46H,9-16,41-42H2,1-8H3. The van der Waals surface area contributed by atoms with Crippen LogP contribution in [-0.4, -0.2) is 55.6 Å². The molecule has 0 unspecified atom stereocenters.